The Kier molecular flexibility index (Phi) is 7.31. The molecule has 3 aromatic rings. The maximum atomic E-state index is 7.11. The number of aromatic nitrogens is 2. The van der Waals surface area contributed by atoms with Crippen LogP contribution in [-0.2, 0) is 17.8 Å². The Morgan fingerprint density at radius 1 is 1.12 bits per heavy atom. The van der Waals surface area contributed by atoms with Gasteiger partial charge in [-0.2, -0.15) is 0 Å². The summed E-state index contributed by atoms with van der Waals surface area (Å²) in [4.78, 5) is 11.7. The number of likely N-dealkylation sites (tertiary alicyclic amines) is 1. The molecule has 166 valence electrons. The first-order valence-electron chi connectivity index (χ1n) is 11.0. The summed E-state index contributed by atoms with van der Waals surface area (Å²) in [5.74, 6) is 0. The van der Waals surface area contributed by atoms with Crippen molar-refractivity contribution in [1.82, 2.24) is 14.5 Å². The fraction of sp³-hybridized carbons (Fsp3) is 0.385. The molecule has 0 radical (unpaired) electrons. The van der Waals surface area contributed by atoms with Gasteiger partial charge in [-0.25, -0.2) is 9.83 Å². The van der Waals surface area contributed by atoms with Crippen molar-refractivity contribution < 1.29 is 4.74 Å². The summed E-state index contributed by atoms with van der Waals surface area (Å²) < 4.78 is 8.00. The molecule has 6 heteroatoms. The summed E-state index contributed by atoms with van der Waals surface area (Å²) >= 11 is 1.98. The van der Waals surface area contributed by atoms with Crippen molar-refractivity contribution in [3.63, 3.8) is 0 Å². The molecule has 1 aliphatic rings. The van der Waals surface area contributed by atoms with Crippen molar-refractivity contribution in [2.75, 3.05) is 26.8 Å². The van der Waals surface area contributed by atoms with Crippen molar-refractivity contribution in [1.29, 1.82) is 0 Å². The van der Waals surface area contributed by atoms with Crippen LogP contribution in [0.1, 0.15) is 29.7 Å². The van der Waals surface area contributed by atoms with Crippen LogP contribution in [0, 0.1) is 13.5 Å². The van der Waals surface area contributed by atoms with Crippen LogP contribution in [0.5, 0.6) is 0 Å². The van der Waals surface area contributed by atoms with E-state index in [-0.39, 0.29) is 4.75 Å². The van der Waals surface area contributed by atoms with Crippen LogP contribution in [0.2, 0.25) is 0 Å². The molecule has 1 aliphatic heterocycles. The zero-order chi connectivity index (χ0) is 22.4. The van der Waals surface area contributed by atoms with Crippen molar-refractivity contribution >= 4 is 17.4 Å². The predicted molar refractivity (Wildman–Crippen MR) is 130 cm³/mol. The third kappa shape index (κ3) is 5.60. The normalized spacial score (nSPS) is 16.0. The average Bonchev–Trinajstić information content (AvgIpc) is 3.22. The van der Waals surface area contributed by atoms with Crippen LogP contribution < -0.4 is 0 Å². The number of methoxy groups -OCH3 is 1. The number of benzene rings is 2. The molecule has 5 nitrogen and oxygen atoms in total. The fourth-order valence-electron chi connectivity index (χ4n) is 4.31. The van der Waals surface area contributed by atoms with Crippen LogP contribution in [0.15, 0.2) is 66.0 Å². The first-order chi connectivity index (χ1) is 15.6. The van der Waals surface area contributed by atoms with Crippen molar-refractivity contribution in [3.8, 4) is 0 Å². The molecule has 4 rings (SSSR count). The summed E-state index contributed by atoms with van der Waals surface area (Å²) in [5.41, 5.74) is 4.39. The molecular formula is C26H30N4OS. The fourth-order valence-corrected chi connectivity index (χ4v) is 5.77. The van der Waals surface area contributed by atoms with Gasteiger partial charge in [-0.1, -0.05) is 42.0 Å². The van der Waals surface area contributed by atoms with Gasteiger partial charge < -0.3 is 9.30 Å². The maximum absolute atomic E-state index is 7.11. The smallest absolute Gasteiger partial charge is 0.187 e. The zero-order valence-electron chi connectivity index (χ0n) is 18.8. The van der Waals surface area contributed by atoms with Gasteiger partial charge >= 0.3 is 0 Å². The highest BCUT2D eigenvalue weighted by Gasteiger charge is 2.36. The largest absolute Gasteiger partial charge is 0.383 e. The van der Waals surface area contributed by atoms with E-state index in [4.69, 9.17) is 11.3 Å². The van der Waals surface area contributed by atoms with E-state index in [1.807, 2.05) is 55.7 Å². The topological polar surface area (TPSA) is 34.7 Å². The van der Waals surface area contributed by atoms with Gasteiger partial charge in [0.25, 0.3) is 0 Å². The van der Waals surface area contributed by atoms with E-state index in [9.17, 15) is 0 Å². The van der Waals surface area contributed by atoms with E-state index in [0.717, 1.165) is 45.6 Å². The van der Waals surface area contributed by atoms with E-state index in [1.165, 1.54) is 21.7 Å². The van der Waals surface area contributed by atoms with Gasteiger partial charge in [0, 0.05) is 36.0 Å². The molecule has 1 fully saturated rings. The number of imidazole rings is 1. The quantitative estimate of drug-likeness (QED) is 0.424. The Morgan fingerprint density at radius 2 is 1.91 bits per heavy atom. The second kappa shape index (κ2) is 10.4. The van der Waals surface area contributed by atoms with Crippen LogP contribution in [-0.4, -0.2) is 46.0 Å². The number of ether oxygens (including phenoxy) is 1. The van der Waals surface area contributed by atoms with Gasteiger partial charge in [-0.05, 0) is 50.6 Å². The van der Waals surface area contributed by atoms with Crippen LogP contribution in [0.4, 0.5) is 5.69 Å². The zero-order valence-corrected chi connectivity index (χ0v) is 19.6. The highest BCUT2D eigenvalue weighted by molar-refractivity contribution is 8.00. The Labute approximate surface area is 195 Å². The lowest BCUT2D eigenvalue weighted by molar-refractivity contribution is 0.114. The Morgan fingerprint density at radius 3 is 2.59 bits per heavy atom. The third-order valence-corrected chi connectivity index (χ3v) is 7.55. The number of aryl methyl sites for hydroxylation is 1. The lowest BCUT2D eigenvalue weighted by Crippen LogP contribution is -2.44. The Balaban J connectivity index is 1.38. The van der Waals surface area contributed by atoms with E-state index in [2.05, 4.69) is 50.5 Å². The molecule has 2 heterocycles. The minimum atomic E-state index is 0.129. The average molecular weight is 447 g/mol. The number of piperidine rings is 1. The molecule has 0 atom stereocenters. The van der Waals surface area contributed by atoms with Gasteiger partial charge in [0.2, 0.25) is 0 Å². The lowest BCUT2D eigenvalue weighted by Gasteiger charge is -2.41. The number of rotatable bonds is 8. The molecule has 0 unspecified atom stereocenters. The molecular weight excluding hydrogens is 416 g/mol. The number of thioether (sulfide) groups is 1. The SMILES string of the molecule is [C-]#[N+]c1ccc(Cn2cncc2CN2CCC(COC)(Sc3cccc(C)c3)CC2)cc1. The highest BCUT2D eigenvalue weighted by atomic mass is 32.2. The summed E-state index contributed by atoms with van der Waals surface area (Å²) in [5, 5.41) is 0. The van der Waals surface area contributed by atoms with Gasteiger partial charge in [-0.15, -0.1) is 11.8 Å². The number of nitrogens with zero attached hydrogens (tertiary/aromatic N) is 4. The monoisotopic (exact) mass is 446 g/mol. The van der Waals surface area contributed by atoms with Gasteiger partial charge in [0.05, 0.1) is 25.2 Å². The Hall–Kier alpha value is -2.59. The summed E-state index contributed by atoms with van der Waals surface area (Å²) in [7, 11) is 1.81. The van der Waals surface area contributed by atoms with E-state index >= 15 is 0 Å². The minimum Gasteiger partial charge on any atom is -0.383 e. The van der Waals surface area contributed by atoms with Gasteiger partial charge in [-0.3, -0.25) is 4.90 Å². The minimum absolute atomic E-state index is 0.129. The molecule has 2 aromatic carbocycles. The molecule has 32 heavy (non-hydrogen) atoms. The molecule has 0 amide bonds. The molecule has 0 bridgehead atoms. The molecule has 0 aliphatic carbocycles. The van der Waals surface area contributed by atoms with Gasteiger partial charge in [0.1, 0.15) is 0 Å². The number of hydrogen-bond donors (Lipinski definition) is 0. The summed E-state index contributed by atoms with van der Waals surface area (Å²) in [6, 6.07) is 16.6. The van der Waals surface area contributed by atoms with Crippen LogP contribution in [0.3, 0.4) is 0 Å². The molecule has 1 saturated heterocycles. The van der Waals surface area contributed by atoms with Crippen molar-refractivity contribution in [3.05, 3.63) is 89.3 Å². The molecule has 0 spiro atoms. The van der Waals surface area contributed by atoms with E-state index in [1.54, 1.807) is 0 Å². The Bertz CT molecular complexity index is 1060. The third-order valence-electron chi connectivity index (χ3n) is 6.10. The second-order valence-electron chi connectivity index (χ2n) is 8.60. The lowest BCUT2D eigenvalue weighted by atomic mass is 9.96. The van der Waals surface area contributed by atoms with Crippen LogP contribution >= 0.6 is 11.8 Å². The van der Waals surface area contributed by atoms with Crippen molar-refractivity contribution in [2.24, 2.45) is 0 Å². The summed E-state index contributed by atoms with van der Waals surface area (Å²) in [6.45, 7) is 13.8. The standard InChI is InChI=1S/C26H30N4OS/c1-21-5-4-6-25(15-21)32-26(19-31-3)11-13-29(14-12-26)18-24-16-28-20-30(24)17-22-7-9-23(27-2)10-8-22/h4-10,15-16,20H,11-14,17-19H2,1,3H3. The van der Waals surface area contributed by atoms with Crippen LogP contribution in [0.25, 0.3) is 4.85 Å². The first-order valence-corrected chi connectivity index (χ1v) is 11.8. The first kappa shape index (κ1) is 22.6. The predicted octanol–water partition coefficient (Wildman–Crippen LogP) is 5.56. The van der Waals surface area contributed by atoms with E-state index in [0.29, 0.717) is 5.69 Å². The number of hydrogen-bond acceptors (Lipinski definition) is 4. The maximum Gasteiger partial charge on any atom is 0.187 e. The molecule has 0 saturated carbocycles. The van der Waals surface area contributed by atoms with E-state index < -0.39 is 0 Å². The highest BCUT2D eigenvalue weighted by Crippen LogP contribution is 2.41. The van der Waals surface area contributed by atoms with Gasteiger partial charge in [0.15, 0.2) is 5.69 Å². The molecule has 1 aromatic heterocycles. The molecule has 0 N–H and O–H groups in total. The van der Waals surface area contributed by atoms with Crippen molar-refractivity contribution in [2.45, 2.75) is 42.5 Å². The second-order valence-corrected chi connectivity index (χ2v) is 10.1. The summed E-state index contributed by atoms with van der Waals surface area (Å²) in [6.07, 6.45) is 6.09.